The molecular weight excluding hydrogens is 390 g/mol. The van der Waals surface area contributed by atoms with Gasteiger partial charge in [0.15, 0.2) is 11.5 Å². The summed E-state index contributed by atoms with van der Waals surface area (Å²) in [6.07, 6.45) is 2.81. The number of rotatable bonds is 7. The van der Waals surface area contributed by atoms with E-state index in [0.717, 1.165) is 4.57 Å². The van der Waals surface area contributed by atoms with Crippen LogP contribution in [-0.4, -0.2) is 36.4 Å². The van der Waals surface area contributed by atoms with Crippen molar-refractivity contribution in [2.75, 3.05) is 26.6 Å². The number of methoxy groups -OCH3 is 3. The fourth-order valence-corrected chi connectivity index (χ4v) is 2.84. The van der Waals surface area contributed by atoms with Crippen LogP contribution in [0.5, 0.6) is 17.2 Å². The van der Waals surface area contributed by atoms with Crippen molar-refractivity contribution in [2.24, 2.45) is 0 Å². The smallest absolute Gasteiger partial charge is 0.320 e. The highest BCUT2D eigenvalue weighted by Crippen LogP contribution is 2.28. The van der Waals surface area contributed by atoms with Gasteiger partial charge in [-0.25, -0.2) is 0 Å². The van der Waals surface area contributed by atoms with Crippen molar-refractivity contribution in [1.29, 1.82) is 0 Å². The Balaban J connectivity index is 1.81. The third kappa shape index (κ3) is 4.35. The van der Waals surface area contributed by atoms with Gasteiger partial charge in [0.05, 0.1) is 27.0 Å². The Bertz CT molecular complexity index is 1160. The van der Waals surface area contributed by atoms with E-state index in [0.29, 0.717) is 28.6 Å². The van der Waals surface area contributed by atoms with Gasteiger partial charge in [-0.1, -0.05) is 0 Å². The Kier molecular flexibility index (Phi) is 6.21. The first-order valence-corrected chi connectivity index (χ1v) is 8.95. The maximum Gasteiger partial charge on any atom is 0.320 e. The lowest BCUT2D eigenvalue weighted by molar-refractivity contribution is -0.116. The SMILES string of the molecule is COc1ccc(NC(=O)Cn2ccn(-c3ccc(OC)c(OC)c3)c(=O)c2=O)cc1. The molecule has 0 saturated heterocycles. The summed E-state index contributed by atoms with van der Waals surface area (Å²) >= 11 is 0. The first kappa shape index (κ1) is 20.7. The van der Waals surface area contributed by atoms with Gasteiger partial charge in [0, 0.05) is 24.1 Å². The quantitative estimate of drug-likeness (QED) is 0.594. The number of carbonyl (C=O) groups is 1. The van der Waals surface area contributed by atoms with E-state index in [1.807, 2.05) is 0 Å². The Labute approximate surface area is 172 Å². The van der Waals surface area contributed by atoms with E-state index in [9.17, 15) is 14.4 Å². The van der Waals surface area contributed by atoms with Gasteiger partial charge >= 0.3 is 11.1 Å². The minimum Gasteiger partial charge on any atom is -0.497 e. The molecule has 0 aliphatic carbocycles. The summed E-state index contributed by atoms with van der Waals surface area (Å²) in [4.78, 5) is 37.3. The topological polar surface area (TPSA) is 101 Å². The third-order valence-electron chi connectivity index (χ3n) is 4.39. The maximum atomic E-state index is 12.6. The van der Waals surface area contributed by atoms with Gasteiger partial charge in [-0.05, 0) is 36.4 Å². The van der Waals surface area contributed by atoms with Gasteiger partial charge < -0.3 is 19.5 Å². The zero-order valence-corrected chi connectivity index (χ0v) is 16.7. The normalized spacial score (nSPS) is 10.4. The number of carbonyl (C=O) groups excluding carboxylic acids is 1. The molecule has 156 valence electrons. The van der Waals surface area contributed by atoms with E-state index in [2.05, 4.69) is 5.32 Å². The van der Waals surface area contributed by atoms with E-state index in [1.165, 1.54) is 31.2 Å². The predicted octanol–water partition coefficient (Wildman–Crippen LogP) is 1.66. The van der Waals surface area contributed by atoms with Crippen molar-refractivity contribution in [2.45, 2.75) is 6.54 Å². The second-order valence-electron chi connectivity index (χ2n) is 6.22. The van der Waals surface area contributed by atoms with Crippen molar-refractivity contribution >= 4 is 11.6 Å². The molecule has 1 N–H and O–H groups in total. The van der Waals surface area contributed by atoms with Crippen LogP contribution in [0.2, 0.25) is 0 Å². The number of nitrogens with one attached hydrogen (secondary N) is 1. The number of anilines is 1. The molecule has 0 aliphatic rings. The summed E-state index contributed by atoms with van der Waals surface area (Å²) in [7, 11) is 4.52. The highest BCUT2D eigenvalue weighted by atomic mass is 16.5. The molecule has 0 aliphatic heterocycles. The minimum absolute atomic E-state index is 0.299. The minimum atomic E-state index is -0.822. The van der Waals surface area contributed by atoms with Gasteiger partial charge in [0.1, 0.15) is 12.3 Å². The molecular formula is C21H21N3O6. The average Bonchev–Trinajstić information content (AvgIpc) is 2.77. The van der Waals surface area contributed by atoms with Crippen LogP contribution in [0.25, 0.3) is 5.69 Å². The molecule has 9 heteroatoms. The molecule has 2 aromatic carbocycles. The largest absolute Gasteiger partial charge is 0.497 e. The molecule has 0 spiro atoms. The average molecular weight is 411 g/mol. The number of ether oxygens (including phenoxy) is 3. The molecule has 9 nitrogen and oxygen atoms in total. The lowest BCUT2D eigenvalue weighted by Gasteiger charge is -2.12. The molecule has 0 unspecified atom stereocenters. The highest BCUT2D eigenvalue weighted by Gasteiger charge is 2.12. The van der Waals surface area contributed by atoms with Crippen molar-refractivity contribution in [3.8, 4) is 22.9 Å². The van der Waals surface area contributed by atoms with Gasteiger partial charge in [0.25, 0.3) is 0 Å². The van der Waals surface area contributed by atoms with Crippen LogP contribution in [0.3, 0.4) is 0 Å². The van der Waals surface area contributed by atoms with Gasteiger partial charge in [0.2, 0.25) is 5.91 Å². The summed E-state index contributed by atoms with van der Waals surface area (Å²) in [5, 5.41) is 2.67. The molecule has 1 aromatic heterocycles. The molecule has 0 atom stereocenters. The fourth-order valence-electron chi connectivity index (χ4n) is 2.84. The van der Waals surface area contributed by atoms with Crippen LogP contribution in [-0.2, 0) is 11.3 Å². The number of hydrogen-bond acceptors (Lipinski definition) is 6. The highest BCUT2D eigenvalue weighted by molar-refractivity contribution is 5.90. The Morgan fingerprint density at radius 2 is 1.57 bits per heavy atom. The Morgan fingerprint density at radius 1 is 0.867 bits per heavy atom. The Hall–Kier alpha value is -4.01. The second kappa shape index (κ2) is 8.99. The van der Waals surface area contributed by atoms with E-state index < -0.39 is 17.0 Å². The number of benzene rings is 2. The van der Waals surface area contributed by atoms with Gasteiger partial charge in [-0.3, -0.25) is 23.5 Å². The van der Waals surface area contributed by atoms with Crippen LogP contribution in [0.15, 0.2) is 64.4 Å². The van der Waals surface area contributed by atoms with Crippen LogP contribution >= 0.6 is 0 Å². The molecule has 0 fully saturated rings. The van der Waals surface area contributed by atoms with Crippen LogP contribution in [0, 0.1) is 0 Å². The number of nitrogens with zero attached hydrogens (tertiary/aromatic N) is 2. The summed E-state index contributed by atoms with van der Waals surface area (Å²) in [5.74, 6) is 1.14. The predicted molar refractivity (Wildman–Crippen MR) is 111 cm³/mol. The van der Waals surface area contributed by atoms with E-state index in [1.54, 1.807) is 49.6 Å². The standard InChI is InChI=1S/C21H21N3O6/c1-28-16-7-4-14(5-8-16)22-19(25)13-23-10-11-24(21(27)20(23)26)15-6-9-17(29-2)18(12-15)30-3/h4-12H,13H2,1-3H3,(H,22,25). The second-order valence-corrected chi connectivity index (χ2v) is 6.22. The van der Waals surface area contributed by atoms with Gasteiger partial charge in [-0.2, -0.15) is 0 Å². The number of hydrogen-bond donors (Lipinski definition) is 1. The summed E-state index contributed by atoms with van der Waals surface area (Å²) in [6.45, 7) is -0.299. The lowest BCUT2D eigenvalue weighted by Crippen LogP contribution is -2.41. The van der Waals surface area contributed by atoms with Crippen LogP contribution in [0.1, 0.15) is 0 Å². The van der Waals surface area contributed by atoms with Crippen molar-refractivity contribution in [1.82, 2.24) is 9.13 Å². The summed E-state index contributed by atoms with van der Waals surface area (Å²) in [5.41, 5.74) is -0.628. The third-order valence-corrected chi connectivity index (χ3v) is 4.39. The number of aromatic nitrogens is 2. The Morgan fingerprint density at radius 3 is 2.20 bits per heavy atom. The van der Waals surface area contributed by atoms with Crippen molar-refractivity contribution < 1.29 is 19.0 Å². The zero-order valence-electron chi connectivity index (χ0n) is 16.7. The molecule has 30 heavy (non-hydrogen) atoms. The molecule has 0 radical (unpaired) electrons. The molecule has 0 saturated carbocycles. The van der Waals surface area contributed by atoms with Crippen molar-refractivity contribution in [3.63, 3.8) is 0 Å². The molecule has 0 bridgehead atoms. The molecule has 1 heterocycles. The summed E-state index contributed by atoms with van der Waals surface area (Å²) < 4.78 is 17.7. The monoisotopic (exact) mass is 411 g/mol. The molecule has 3 rings (SSSR count). The first-order chi connectivity index (χ1) is 14.5. The number of amides is 1. The fraction of sp³-hybridized carbons (Fsp3) is 0.190. The maximum absolute atomic E-state index is 12.6. The summed E-state index contributed by atoms with van der Waals surface area (Å²) in [6, 6.07) is 11.6. The van der Waals surface area contributed by atoms with Crippen LogP contribution < -0.4 is 30.6 Å². The van der Waals surface area contributed by atoms with E-state index >= 15 is 0 Å². The zero-order chi connectivity index (χ0) is 21.7. The van der Waals surface area contributed by atoms with Crippen molar-refractivity contribution in [3.05, 3.63) is 75.6 Å². The van der Waals surface area contributed by atoms with E-state index in [4.69, 9.17) is 14.2 Å². The van der Waals surface area contributed by atoms with E-state index in [-0.39, 0.29) is 6.54 Å². The lowest BCUT2D eigenvalue weighted by atomic mass is 10.2. The molecule has 1 amide bonds. The molecule has 3 aromatic rings. The van der Waals surface area contributed by atoms with Gasteiger partial charge in [-0.15, -0.1) is 0 Å². The van der Waals surface area contributed by atoms with Crippen LogP contribution in [0.4, 0.5) is 5.69 Å². The first-order valence-electron chi connectivity index (χ1n) is 8.95.